The molecule has 0 saturated heterocycles. The van der Waals surface area contributed by atoms with E-state index in [0.717, 1.165) is 22.5 Å². The first-order valence-corrected chi connectivity index (χ1v) is 6.08. The predicted octanol–water partition coefficient (Wildman–Crippen LogP) is 4.84. The molecule has 0 radical (unpaired) electrons. The van der Waals surface area contributed by atoms with Gasteiger partial charge in [-0.1, -0.05) is 40.3 Å². The Morgan fingerprint density at radius 2 is 1.82 bits per heavy atom. The highest BCUT2D eigenvalue weighted by Gasteiger charge is 2.11. The van der Waals surface area contributed by atoms with Crippen LogP contribution in [0.1, 0.15) is 44.7 Å². The zero-order chi connectivity index (χ0) is 13.2. The molecule has 0 saturated carbocycles. The number of benzene rings is 1. The molecule has 0 unspecified atom stereocenters. The number of aryl methyl sites for hydroxylation is 1. The molecule has 1 rings (SSSR count). The van der Waals surface area contributed by atoms with Crippen LogP contribution in [0.5, 0.6) is 0 Å². The fraction of sp³-hybridized carbons (Fsp3) is 0.467. The van der Waals surface area contributed by atoms with Crippen molar-refractivity contribution in [3.8, 4) is 0 Å². The highest BCUT2D eigenvalue weighted by molar-refractivity contribution is 5.56. The molecule has 0 amide bonds. The maximum Gasteiger partial charge on any atom is 0.128 e. The minimum atomic E-state index is -0.148. The summed E-state index contributed by atoms with van der Waals surface area (Å²) in [4.78, 5) is 0. The molecule has 2 heteroatoms. The van der Waals surface area contributed by atoms with E-state index < -0.39 is 0 Å². The third-order valence-corrected chi connectivity index (χ3v) is 2.96. The van der Waals surface area contributed by atoms with E-state index in [2.05, 4.69) is 25.7 Å². The minimum Gasteiger partial charge on any atom is -0.359 e. The van der Waals surface area contributed by atoms with Gasteiger partial charge in [0.2, 0.25) is 0 Å². The van der Waals surface area contributed by atoms with Crippen molar-refractivity contribution in [1.82, 2.24) is 0 Å². The van der Waals surface area contributed by atoms with Crippen LogP contribution in [0.25, 0.3) is 0 Å². The molecule has 0 atom stereocenters. The van der Waals surface area contributed by atoms with Crippen molar-refractivity contribution in [2.75, 3.05) is 5.32 Å². The average Bonchev–Trinajstić information content (AvgIpc) is 2.22. The van der Waals surface area contributed by atoms with Crippen LogP contribution in [0.4, 0.5) is 10.1 Å². The summed E-state index contributed by atoms with van der Waals surface area (Å²) >= 11 is 0. The Labute approximate surface area is 104 Å². The van der Waals surface area contributed by atoms with Gasteiger partial charge in [0.1, 0.15) is 5.82 Å². The van der Waals surface area contributed by atoms with Gasteiger partial charge in [0.15, 0.2) is 0 Å². The van der Waals surface area contributed by atoms with Gasteiger partial charge in [-0.2, -0.15) is 0 Å². The number of rotatable bonds is 4. The van der Waals surface area contributed by atoms with Gasteiger partial charge >= 0.3 is 0 Å². The summed E-state index contributed by atoms with van der Waals surface area (Å²) in [6.45, 7) is 14.0. The van der Waals surface area contributed by atoms with Crippen molar-refractivity contribution in [3.63, 3.8) is 0 Å². The van der Waals surface area contributed by atoms with Crippen molar-refractivity contribution in [2.45, 2.75) is 40.5 Å². The van der Waals surface area contributed by atoms with Crippen LogP contribution < -0.4 is 5.32 Å². The Hall–Kier alpha value is -1.31. The smallest absolute Gasteiger partial charge is 0.128 e. The maximum absolute atomic E-state index is 13.9. The van der Waals surface area contributed by atoms with Crippen LogP contribution >= 0.6 is 0 Å². The van der Waals surface area contributed by atoms with E-state index in [1.54, 1.807) is 6.07 Å². The molecular formula is C15H22FN. The van der Waals surface area contributed by atoms with E-state index in [-0.39, 0.29) is 11.7 Å². The van der Waals surface area contributed by atoms with Crippen molar-refractivity contribution in [2.24, 2.45) is 5.92 Å². The van der Waals surface area contributed by atoms with Crippen LogP contribution in [-0.2, 0) is 0 Å². The lowest BCUT2D eigenvalue weighted by atomic mass is 9.99. The summed E-state index contributed by atoms with van der Waals surface area (Å²) in [5.74, 6) is 0.392. The van der Waals surface area contributed by atoms with Crippen molar-refractivity contribution < 1.29 is 4.39 Å². The zero-order valence-electron chi connectivity index (χ0n) is 11.4. The van der Waals surface area contributed by atoms with E-state index in [9.17, 15) is 4.39 Å². The topological polar surface area (TPSA) is 12.0 Å². The molecule has 0 bridgehead atoms. The minimum absolute atomic E-state index is 0.148. The van der Waals surface area contributed by atoms with Gasteiger partial charge in [-0.3, -0.25) is 0 Å². The average molecular weight is 235 g/mol. The van der Waals surface area contributed by atoms with E-state index in [0.29, 0.717) is 5.92 Å². The van der Waals surface area contributed by atoms with E-state index >= 15 is 0 Å². The molecule has 94 valence electrons. The predicted molar refractivity (Wildman–Crippen MR) is 72.8 cm³/mol. The quantitative estimate of drug-likeness (QED) is 0.787. The number of hydrogen-bond donors (Lipinski definition) is 1. The van der Waals surface area contributed by atoms with Crippen molar-refractivity contribution in [1.29, 1.82) is 0 Å². The molecule has 0 fully saturated rings. The van der Waals surface area contributed by atoms with Gasteiger partial charge in [0.05, 0.1) is 0 Å². The molecule has 1 N–H and O–H groups in total. The number of nitrogens with one attached hydrogen (secondary N) is 1. The fourth-order valence-corrected chi connectivity index (χ4v) is 1.60. The monoisotopic (exact) mass is 235 g/mol. The Morgan fingerprint density at radius 1 is 1.24 bits per heavy atom. The molecule has 1 aromatic rings. The molecule has 17 heavy (non-hydrogen) atoms. The molecular weight excluding hydrogens is 213 g/mol. The lowest BCUT2D eigenvalue weighted by Crippen LogP contribution is -2.07. The van der Waals surface area contributed by atoms with Gasteiger partial charge in [-0.25, -0.2) is 4.39 Å². The Morgan fingerprint density at radius 3 is 2.29 bits per heavy atom. The third-order valence-electron chi connectivity index (χ3n) is 2.96. The van der Waals surface area contributed by atoms with Crippen LogP contribution in [-0.4, -0.2) is 0 Å². The van der Waals surface area contributed by atoms with E-state index in [4.69, 9.17) is 0 Å². The largest absolute Gasteiger partial charge is 0.359 e. The molecule has 0 aromatic heterocycles. The Balaban J connectivity index is 3.04. The standard InChI is InChI=1S/C15H22FN/c1-9(2)12(6)17-15-8-14(16)13(10(3)4)7-11(15)5/h7-10,17H,6H2,1-5H3. The highest BCUT2D eigenvalue weighted by Crippen LogP contribution is 2.26. The van der Waals surface area contributed by atoms with Crippen molar-refractivity contribution >= 4 is 5.69 Å². The number of halogens is 1. The van der Waals surface area contributed by atoms with Gasteiger partial charge in [-0.05, 0) is 36.0 Å². The molecule has 1 aromatic carbocycles. The maximum atomic E-state index is 13.9. The summed E-state index contributed by atoms with van der Waals surface area (Å²) in [6, 6.07) is 3.48. The van der Waals surface area contributed by atoms with Gasteiger partial charge in [0, 0.05) is 11.4 Å². The number of hydrogen-bond acceptors (Lipinski definition) is 1. The summed E-state index contributed by atoms with van der Waals surface area (Å²) in [7, 11) is 0. The Bertz CT molecular complexity index is 419. The SMILES string of the molecule is C=C(Nc1cc(F)c(C(C)C)cc1C)C(C)C. The molecule has 0 aliphatic carbocycles. The summed E-state index contributed by atoms with van der Waals surface area (Å²) in [5.41, 5.74) is 3.54. The van der Waals surface area contributed by atoms with Crippen LogP contribution in [0.3, 0.4) is 0 Å². The molecule has 1 nitrogen and oxygen atoms in total. The van der Waals surface area contributed by atoms with E-state index in [1.807, 2.05) is 26.8 Å². The first-order valence-electron chi connectivity index (χ1n) is 6.08. The number of anilines is 1. The second-order valence-corrected chi connectivity index (χ2v) is 5.15. The molecule has 0 heterocycles. The summed E-state index contributed by atoms with van der Waals surface area (Å²) in [6.07, 6.45) is 0. The van der Waals surface area contributed by atoms with Crippen LogP contribution in [0, 0.1) is 18.7 Å². The van der Waals surface area contributed by atoms with Crippen LogP contribution in [0.2, 0.25) is 0 Å². The normalized spacial score (nSPS) is 11.1. The highest BCUT2D eigenvalue weighted by atomic mass is 19.1. The van der Waals surface area contributed by atoms with Crippen LogP contribution in [0.15, 0.2) is 24.4 Å². The number of allylic oxidation sites excluding steroid dienone is 1. The second kappa shape index (κ2) is 5.35. The third kappa shape index (κ3) is 3.32. The zero-order valence-corrected chi connectivity index (χ0v) is 11.4. The summed E-state index contributed by atoms with van der Waals surface area (Å²) < 4.78 is 13.9. The fourth-order valence-electron chi connectivity index (χ4n) is 1.60. The molecule has 0 spiro atoms. The Kier molecular flexibility index (Phi) is 4.33. The molecule has 0 aliphatic rings. The summed E-state index contributed by atoms with van der Waals surface area (Å²) in [5, 5.41) is 3.18. The van der Waals surface area contributed by atoms with Gasteiger partial charge < -0.3 is 5.32 Å². The second-order valence-electron chi connectivity index (χ2n) is 5.15. The first kappa shape index (κ1) is 13.8. The first-order chi connectivity index (χ1) is 7.82. The lowest BCUT2D eigenvalue weighted by Gasteiger charge is -2.17. The van der Waals surface area contributed by atoms with E-state index in [1.165, 1.54) is 0 Å². The van der Waals surface area contributed by atoms with Gasteiger partial charge in [-0.15, -0.1) is 0 Å². The van der Waals surface area contributed by atoms with Crippen molar-refractivity contribution in [3.05, 3.63) is 41.4 Å². The lowest BCUT2D eigenvalue weighted by molar-refractivity contribution is 0.598. The van der Waals surface area contributed by atoms with Gasteiger partial charge in [0.25, 0.3) is 0 Å². The molecule has 0 aliphatic heterocycles.